The predicted octanol–water partition coefficient (Wildman–Crippen LogP) is 1.92. The summed E-state index contributed by atoms with van der Waals surface area (Å²) in [5.41, 5.74) is 0. The van der Waals surface area contributed by atoms with E-state index in [0.29, 0.717) is 18.8 Å². The van der Waals surface area contributed by atoms with Crippen LogP contribution in [-0.4, -0.2) is 63.1 Å². The molecule has 0 atom stereocenters. The minimum atomic E-state index is -0.128. The Hall–Kier alpha value is -1.79. The van der Waals surface area contributed by atoms with E-state index in [9.17, 15) is 9.59 Å². The Kier molecular flexibility index (Phi) is 11.5. The molecule has 0 unspecified atom stereocenters. The number of rotatable bonds is 10. The third-order valence-corrected chi connectivity index (χ3v) is 4.78. The molecule has 1 heterocycles. The van der Waals surface area contributed by atoms with E-state index < -0.39 is 0 Å². The maximum atomic E-state index is 11.5. The highest BCUT2D eigenvalue weighted by Crippen LogP contribution is 2.20. The van der Waals surface area contributed by atoms with Crippen molar-refractivity contribution in [1.82, 2.24) is 15.5 Å². The average Bonchev–Trinajstić information content (AvgIpc) is 2.66. The number of methoxy groups -OCH3 is 1. The van der Waals surface area contributed by atoms with Gasteiger partial charge in [-0.15, -0.1) is 0 Å². The molecule has 0 aliphatic carbocycles. The van der Waals surface area contributed by atoms with Crippen LogP contribution in [0.4, 0.5) is 0 Å². The first-order valence-electron chi connectivity index (χ1n) is 9.91. The SMILES string of the molecule is CCNC(=NCCCCCCC(=O)OC)N1CCC(CC(=O)NC)CC1. The summed E-state index contributed by atoms with van der Waals surface area (Å²) in [6.45, 7) is 5.65. The summed E-state index contributed by atoms with van der Waals surface area (Å²) in [7, 11) is 3.13. The molecule has 1 fully saturated rings. The van der Waals surface area contributed by atoms with Crippen LogP contribution in [0.25, 0.3) is 0 Å². The lowest BCUT2D eigenvalue weighted by molar-refractivity contribution is -0.140. The molecular weight excluding hydrogens is 332 g/mol. The van der Waals surface area contributed by atoms with Gasteiger partial charge in [0.05, 0.1) is 7.11 Å². The molecule has 1 rings (SSSR count). The van der Waals surface area contributed by atoms with E-state index in [-0.39, 0.29) is 11.9 Å². The van der Waals surface area contributed by atoms with Crippen LogP contribution >= 0.6 is 0 Å². The van der Waals surface area contributed by atoms with Crippen LogP contribution in [-0.2, 0) is 14.3 Å². The Morgan fingerprint density at radius 3 is 2.46 bits per heavy atom. The Morgan fingerprint density at radius 1 is 1.15 bits per heavy atom. The number of amides is 1. The largest absolute Gasteiger partial charge is 0.469 e. The van der Waals surface area contributed by atoms with Crippen molar-refractivity contribution in [2.75, 3.05) is 40.3 Å². The van der Waals surface area contributed by atoms with Gasteiger partial charge in [0, 0.05) is 46.1 Å². The molecule has 0 bridgehead atoms. The number of piperidine rings is 1. The summed E-state index contributed by atoms with van der Waals surface area (Å²) >= 11 is 0. The van der Waals surface area contributed by atoms with E-state index in [1.165, 1.54) is 7.11 Å². The minimum absolute atomic E-state index is 0.128. The number of unbranched alkanes of at least 4 members (excludes halogenated alkanes) is 3. The molecule has 26 heavy (non-hydrogen) atoms. The maximum absolute atomic E-state index is 11.5. The van der Waals surface area contributed by atoms with Gasteiger partial charge >= 0.3 is 5.97 Å². The van der Waals surface area contributed by atoms with Crippen molar-refractivity contribution in [2.24, 2.45) is 10.9 Å². The second kappa shape index (κ2) is 13.4. The van der Waals surface area contributed by atoms with Gasteiger partial charge in [0.25, 0.3) is 0 Å². The molecule has 0 aromatic rings. The van der Waals surface area contributed by atoms with Crippen molar-refractivity contribution in [3.63, 3.8) is 0 Å². The molecule has 0 aromatic carbocycles. The van der Waals surface area contributed by atoms with E-state index in [1.54, 1.807) is 7.05 Å². The topological polar surface area (TPSA) is 83.0 Å². The summed E-state index contributed by atoms with van der Waals surface area (Å²) in [5, 5.41) is 6.09. The molecular formula is C19H36N4O3. The van der Waals surface area contributed by atoms with Gasteiger partial charge in [0.2, 0.25) is 5.91 Å². The number of nitrogens with zero attached hydrogens (tertiary/aromatic N) is 2. The molecule has 1 aliphatic rings. The summed E-state index contributed by atoms with van der Waals surface area (Å²) in [4.78, 5) is 29.6. The highest BCUT2D eigenvalue weighted by Gasteiger charge is 2.22. The first-order valence-corrected chi connectivity index (χ1v) is 9.91. The number of carbonyl (C=O) groups is 2. The van der Waals surface area contributed by atoms with Crippen LogP contribution in [0.15, 0.2) is 4.99 Å². The third kappa shape index (κ3) is 9.06. The molecule has 2 N–H and O–H groups in total. The average molecular weight is 369 g/mol. The number of esters is 1. The van der Waals surface area contributed by atoms with Crippen molar-refractivity contribution in [1.29, 1.82) is 0 Å². The quantitative estimate of drug-likeness (QED) is 0.266. The van der Waals surface area contributed by atoms with Gasteiger partial charge < -0.3 is 20.3 Å². The zero-order valence-electron chi connectivity index (χ0n) is 16.7. The lowest BCUT2D eigenvalue weighted by Gasteiger charge is -2.34. The smallest absolute Gasteiger partial charge is 0.305 e. The monoisotopic (exact) mass is 368 g/mol. The number of aliphatic imine (C=N–C) groups is 1. The predicted molar refractivity (Wildman–Crippen MR) is 104 cm³/mol. The molecule has 0 saturated carbocycles. The maximum Gasteiger partial charge on any atom is 0.305 e. The minimum Gasteiger partial charge on any atom is -0.469 e. The lowest BCUT2D eigenvalue weighted by atomic mass is 9.93. The molecule has 1 aliphatic heterocycles. The van der Waals surface area contributed by atoms with Gasteiger partial charge in [-0.25, -0.2) is 0 Å². The van der Waals surface area contributed by atoms with Crippen LogP contribution in [0.1, 0.15) is 58.3 Å². The van der Waals surface area contributed by atoms with E-state index in [0.717, 1.165) is 70.7 Å². The van der Waals surface area contributed by atoms with Crippen LogP contribution in [0.2, 0.25) is 0 Å². The van der Waals surface area contributed by atoms with Gasteiger partial charge in [-0.1, -0.05) is 12.8 Å². The molecule has 7 heteroatoms. The van der Waals surface area contributed by atoms with Gasteiger partial charge in [-0.2, -0.15) is 0 Å². The second-order valence-electron chi connectivity index (χ2n) is 6.78. The van der Waals surface area contributed by atoms with Crippen LogP contribution < -0.4 is 10.6 Å². The zero-order chi connectivity index (χ0) is 19.2. The Bertz CT molecular complexity index is 446. The molecule has 1 saturated heterocycles. The van der Waals surface area contributed by atoms with Gasteiger partial charge in [-0.05, 0) is 38.5 Å². The Balaban J connectivity index is 2.29. The van der Waals surface area contributed by atoms with Crippen molar-refractivity contribution in [3.05, 3.63) is 0 Å². The van der Waals surface area contributed by atoms with Gasteiger partial charge in [0.15, 0.2) is 5.96 Å². The Morgan fingerprint density at radius 2 is 1.85 bits per heavy atom. The van der Waals surface area contributed by atoms with Crippen LogP contribution in [0.3, 0.4) is 0 Å². The zero-order valence-corrected chi connectivity index (χ0v) is 16.7. The van der Waals surface area contributed by atoms with Crippen molar-refractivity contribution in [3.8, 4) is 0 Å². The number of ether oxygens (including phenoxy) is 1. The number of guanidine groups is 1. The van der Waals surface area contributed by atoms with E-state index in [2.05, 4.69) is 27.2 Å². The fraction of sp³-hybridized carbons (Fsp3) is 0.842. The van der Waals surface area contributed by atoms with E-state index >= 15 is 0 Å². The third-order valence-electron chi connectivity index (χ3n) is 4.78. The van der Waals surface area contributed by atoms with Crippen molar-refractivity contribution >= 4 is 17.8 Å². The number of hydrogen-bond acceptors (Lipinski definition) is 4. The lowest BCUT2D eigenvalue weighted by Crippen LogP contribution is -2.46. The summed E-state index contributed by atoms with van der Waals surface area (Å²) < 4.78 is 4.64. The highest BCUT2D eigenvalue weighted by atomic mass is 16.5. The number of likely N-dealkylation sites (tertiary alicyclic amines) is 1. The van der Waals surface area contributed by atoms with Gasteiger partial charge in [-0.3, -0.25) is 14.6 Å². The van der Waals surface area contributed by atoms with E-state index in [4.69, 9.17) is 4.99 Å². The van der Waals surface area contributed by atoms with E-state index in [1.807, 2.05) is 0 Å². The molecule has 1 amide bonds. The fourth-order valence-corrected chi connectivity index (χ4v) is 3.16. The van der Waals surface area contributed by atoms with Crippen LogP contribution in [0.5, 0.6) is 0 Å². The Labute approximate surface area is 157 Å². The molecule has 0 spiro atoms. The summed E-state index contributed by atoms with van der Waals surface area (Å²) in [6.07, 6.45) is 7.23. The molecule has 7 nitrogen and oxygen atoms in total. The first kappa shape index (κ1) is 22.3. The molecule has 0 radical (unpaired) electrons. The first-order chi connectivity index (χ1) is 12.6. The number of carbonyl (C=O) groups excluding carboxylic acids is 2. The fourth-order valence-electron chi connectivity index (χ4n) is 3.16. The standard InChI is InChI=1S/C19H36N4O3/c1-4-21-19(22-12-8-6-5-7-9-18(25)26-3)23-13-10-16(11-14-23)15-17(24)20-2/h16H,4-15H2,1-3H3,(H,20,24)(H,21,22). The summed E-state index contributed by atoms with van der Waals surface area (Å²) in [5.74, 6) is 1.47. The van der Waals surface area contributed by atoms with Crippen molar-refractivity contribution in [2.45, 2.75) is 58.3 Å². The normalized spacial score (nSPS) is 15.7. The van der Waals surface area contributed by atoms with Crippen molar-refractivity contribution < 1.29 is 14.3 Å². The van der Waals surface area contributed by atoms with Gasteiger partial charge in [0.1, 0.15) is 0 Å². The summed E-state index contributed by atoms with van der Waals surface area (Å²) in [6, 6.07) is 0. The number of nitrogens with one attached hydrogen (secondary N) is 2. The van der Waals surface area contributed by atoms with Crippen LogP contribution in [0, 0.1) is 5.92 Å². The highest BCUT2D eigenvalue weighted by molar-refractivity contribution is 5.80. The molecule has 0 aromatic heterocycles. The number of hydrogen-bond donors (Lipinski definition) is 2. The second-order valence-corrected chi connectivity index (χ2v) is 6.78. The molecule has 150 valence electrons.